The van der Waals surface area contributed by atoms with Gasteiger partial charge in [-0.2, -0.15) is 0 Å². The highest BCUT2D eigenvalue weighted by molar-refractivity contribution is 6.05. The summed E-state index contributed by atoms with van der Waals surface area (Å²) in [6.07, 6.45) is 0.247. The van der Waals surface area contributed by atoms with Crippen LogP contribution < -0.4 is 5.32 Å². The lowest BCUT2D eigenvalue weighted by molar-refractivity contribution is -0.137. The van der Waals surface area contributed by atoms with Crippen molar-refractivity contribution in [2.75, 3.05) is 14.2 Å². The molecule has 1 aliphatic heterocycles. The van der Waals surface area contributed by atoms with Gasteiger partial charge in [0.25, 0.3) is 0 Å². The van der Waals surface area contributed by atoms with Crippen molar-refractivity contribution >= 4 is 11.8 Å². The predicted octanol–water partition coefficient (Wildman–Crippen LogP) is 0.680. The van der Waals surface area contributed by atoms with Crippen molar-refractivity contribution < 1.29 is 14.3 Å². The Hall–Kier alpha value is -1.72. The van der Waals surface area contributed by atoms with Gasteiger partial charge >= 0.3 is 0 Å². The summed E-state index contributed by atoms with van der Waals surface area (Å²) >= 11 is 0. The Bertz CT molecular complexity index is 470. The molecule has 1 saturated heterocycles. The first-order valence-corrected chi connectivity index (χ1v) is 6.22. The van der Waals surface area contributed by atoms with E-state index in [4.69, 9.17) is 4.74 Å². The second-order valence-electron chi connectivity index (χ2n) is 4.68. The first-order valence-electron chi connectivity index (χ1n) is 6.22. The van der Waals surface area contributed by atoms with Gasteiger partial charge in [0.05, 0.1) is 19.1 Å². The van der Waals surface area contributed by atoms with Gasteiger partial charge < -0.3 is 10.1 Å². The minimum Gasteiger partial charge on any atom is -0.380 e. The lowest BCUT2D eigenvalue weighted by atomic mass is 10.1. The molecular formula is C14H18N2O3. The molecule has 0 saturated carbocycles. The van der Waals surface area contributed by atoms with Gasteiger partial charge in [-0.15, -0.1) is 0 Å². The monoisotopic (exact) mass is 262 g/mol. The number of likely N-dealkylation sites (tertiary alicyclic amines) is 1. The maximum atomic E-state index is 11.7. The third-order valence-corrected chi connectivity index (χ3v) is 3.27. The first kappa shape index (κ1) is 13.7. The van der Waals surface area contributed by atoms with Gasteiger partial charge in [0.15, 0.2) is 0 Å². The van der Waals surface area contributed by atoms with E-state index in [0.717, 1.165) is 11.1 Å². The zero-order chi connectivity index (χ0) is 13.8. The fraction of sp³-hybridized carbons (Fsp3) is 0.429. The van der Waals surface area contributed by atoms with Gasteiger partial charge in [-0.3, -0.25) is 14.5 Å². The second kappa shape index (κ2) is 5.95. The molecule has 19 heavy (non-hydrogen) atoms. The smallest absolute Gasteiger partial charge is 0.246 e. The van der Waals surface area contributed by atoms with Crippen LogP contribution in [0.2, 0.25) is 0 Å². The maximum Gasteiger partial charge on any atom is 0.246 e. The number of likely N-dealkylation sites (N-methyl/N-ethyl adjacent to an activating group) is 1. The highest BCUT2D eigenvalue weighted by atomic mass is 16.5. The summed E-state index contributed by atoms with van der Waals surface area (Å²) in [5.41, 5.74) is 2.19. The zero-order valence-electron chi connectivity index (χ0n) is 11.2. The van der Waals surface area contributed by atoms with E-state index >= 15 is 0 Å². The summed E-state index contributed by atoms with van der Waals surface area (Å²) in [7, 11) is 3.18. The van der Waals surface area contributed by atoms with Gasteiger partial charge in [-0.05, 0) is 11.1 Å². The van der Waals surface area contributed by atoms with Gasteiger partial charge in [0.2, 0.25) is 11.8 Å². The Labute approximate surface area is 112 Å². The topological polar surface area (TPSA) is 58.6 Å². The zero-order valence-corrected chi connectivity index (χ0v) is 11.2. The van der Waals surface area contributed by atoms with Crippen LogP contribution >= 0.6 is 0 Å². The molecule has 2 amide bonds. The molecule has 1 aromatic carbocycles. The molecule has 1 fully saturated rings. The normalized spacial score (nSPS) is 19.3. The molecule has 0 aromatic heterocycles. The standard InChI is InChI=1S/C14H18N2O3/c1-16-13(17)7-12(14(16)18)15-8-10-3-5-11(6-4-10)9-19-2/h3-6,12,15H,7-9H2,1-2H3. The summed E-state index contributed by atoms with van der Waals surface area (Å²) < 4.78 is 5.04. The van der Waals surface area contributed by atoms with E-state index in [2.05, 4.69) is 5.32 Å². The number of carbonyl (C=O) groups excluding carboxylic acids is 2. The summed E-state index contributed by atoms with van der Waals surface area (Å²) in [5.74, 6) is -0.279. The van der Waals surface area contributed by atoms with Gasteiger partial charge in [-0.1, -0.05) is 24.3 Å². The number of methoxy groups -OCH3 is 1. The molecule has 1 heterocycles. The molecule has 1 atom stereocenters. The van der Waals surface area contributed by atoms with Crippen molar-refractivity contribution in [1.29, 1.82) is 0 Å². The Morgan fingerprint density at radius 3 is 2.42 bits per heavy atom. The average Bonchev–Trinajstić information content (AvgIpc) is 2.66. The lowest BCUT2D eigenvalue weighted by Crippen LogP contribution is -2.36. The third-order valence-electron chi connectivity index (χ3n) is 3.27. The molecule has 5 nitrogen and oxygen atoms in total. The second-order valence-corrected chi connectivity index (χ2v) is 4.68. The molecule has 0 radical (unpaired) electrons. The number of hydrogen-bond donors (Lipinski definition) is 1. The van der Waals surface area contributed by atoms with Crippen LogP contribution in [0.4, 0.5) is 0 Å². The quantitative estimate of drug-likeness (QED) is 0.793. The summed E-state index contributed by atoms with van der Waals surface area (Å²) in [4.78, 5) is 24.3. The molecule has 5 heteroatoms. The Kier molecular flexibility index (Phi) is 4.29. The molecule has 0 aliphatic carbocycles. The number of benzene rings is 1. The summed E-state index contributed by atoms with van der Waals surface area (Å²) in [6, 6.07) is 7.58. The van der Waals surface area contributed by atoms with E-state index in [1.54, 1.807) is 7.11 Å². The van der Waals surface area contributed by atoms with E-state index < -0.39 is 6.04 Å². The summed E-state index contributed by atoms with van der Waals surface area (Å²) in [5, 5.41) is 3.12. The van der Waals surface area contributed by atoms with Crippen LogP contribution in [0.3, 0.4) is 0 Å². The molecule has 0 spiro atoms. The van der Waals surface area contributed by atoms with Crippen LogP contribution in [0.1, 0.15) is 17.5 Å². The highest BCUT2D eigenvalue weighted by Gasteiger charge is 2.35. The number of ether oxygens (including phenoxy) is 1. The van der Waals surface area contributed by atoms with Crippen LogP contribution in [-0.4, -0.2) is 36.9 Å². The van der Waals surface area contributed by atoms with Crippen LogP contribution in [0.25, 0.3) is 0 Å². The molecule has 1 N–H and O–H groups in total. The SMILES string of the molecule is COCc1ccc(CNC2CC(=O)N(C)C2=O)cc1. The van der Waals surface area contributed by atoms with E-state index in [1.165, 1.54) is 11.9 Å². The van der Waals surface area contributed by atoms with Crippen molar-refractivity contribution in [3.05, 3.63) is 35.4 Å². The molecule has 102 valence electrons. The molecule has 0 bridgehead atoms. The number of rotatable bonds is 5. The van der Waals surface area contributed by atoms with Crippen molar-refractivity contribution in [2.45, 2.75) is 25.6 Å². The average molecular weight is 262 g/mol. The third kappa shape index (κ3) is 3.19. The van der Waals surface area contributed by atoms with Crippen molar-refractivity contribution in [3.63, 3.8) is 0 Å². The fourth-order valence-corrected chi connectivity index (χ4v) is 2.08. The predicted molar refractivity (Wildman–Crippen MR) is 70.2 cm³/mol. The Morgan fingerprint density at radius 2 is 1.89 bits per heavy atom. The van der Waals surface area contributed by atoms with Crippen molar-refractivity contribution in [2.24, 2.45) is 0 Å². The van der Waals surface area contributed by atoms with Crippen LogP contribution in [0, 0.1) is 0 Å². The Balaban J connectivity index is 1.89. The van der Waals surface area contributed by atoms with Crippen LogP contribution in [0.5, 0.6) is 0 Å². The number of amides is 2. The van der Waals surface area contributed by atoms with Gasteiger partial charge in [-0.25, -0.2) is 0 Å². The molecule has 1 aliphatic rings. The largest absolute Gasteiger partial charge is 0.380 e. The molecule has 1 unspecified atom stereocenters. The van der Waals surface area contributed by atoms with E-state index in [9.17, 15) is 9.59 Å². The van der Waals surface area contributed by atoms with E-state index in [-0.39, 0.29) is 18.2 Å². The van der Waals surface area contributed by atoms with Crippen LogP contribution in [0.15, 0.2) is 24.3 Å². The van der Waals surface area contributed by atoms with Crippen molar-refractivity contribution in [3.8, 4) is 0 Å². The fourth-order valence-electron chi connectivity index (χ4n) is 2.08. The number of hydrogen-bond acceptors (Lipinski definition) is 4. The number of nitrogens with one attached hydrogen (secondary N) is 1. The van der Waals surface area contributed by atoms with Gasteiger partial charge in [0.1, 0.15) is 0 Å². The first-order chi connectivity index (χ1) is 9.11. The number of nitrogens with zero attached hydrogens (tertiary/aromatic N) is 1. The minimum atomic E-state index is -0.392. The molecule has 2 rings (SSSR count). The lowest BCUT2D eigenvalue weighted by Gasteiger charge is -2.11. The summed E-state index contributed by atoms with van der Waals surface area (Å²) in [6.45, 7) is 1.17. The van der Waals surface area contributed by atoms with Crippen LogP contribution in [-0.2, 0) is 27.5 Å². The van der Waals surface area contributed by atoms with Crippen molar-refractivity contribution in [1.82, 2.24) is 10.2 Å². The number of carbonyl (C=O) groups is 2. The minimum absolute atomic E-state index is 0.127. The number of imide groups is 1. The highest BCUT2D eigenvalue weighted by Crippen LogP contribution is 2.12. The maximum absolute atomic E-state index is 11.7. The Morgan fingerprint density at radius 1 is 1.26 bits per heavy atom. The molecular weight excluding hydrogens is 244 g/mol. The molecule has 1 aromatic rings. The van der Waals surface area contributed by atoms with E-state index in [1.807, 2.05) is 24.3 Å². The van der Waals surface area contributed by atoms with E-state index in [0.29, 0.717) is 13.2 Å². The van der Waals surface area contributed by atoms with Gasteiger partial charge in [0, 0.05) is 20.7 Å².